The molecule has 0 N–H and O–H groups in total. The lowest BCUT2D eigenvalue weighted by atomic mass is 10.2. The molecule has 0 spiro atoms. The molecular formula is C9H5N7. The molecule has 3 heterocycles. The second-order valence-corrected chi connectivity index (χ2v) is 3.43. The maximum atomic E-state index is 4.08. The molecule has 7 heteroatoms. The molecular weight excluding hydrogens is 206 g/mol. The summed E-state index contributed by atoms with van der Waals surface area (Å²) in [6.45, 7) is 0. The van der Waals surface area contributed by atoms with Crippen molar-refractivity contribution in [2.45, 2.75) is 0 Å². The minimum Gasteiger partial charge on any atom is -0.247 e. The SMILES string of the molecule is c1ccc2c(c1)c1nncn1c1nnnn21. The van der Waals surface area contributed by atoms with Gasteiger partial charge in [-0.3, -0.25) is 0 Å². The summed E-state index contributed by atoms with van der Waals surface area (Å²) < 4.78 is 3.44. The average Bonchev–Trinajstić information content (AvgIpc) is 2.98. The maximum Gasteiger partial charge on any atom is 0.261 e. The molecule has 0 aliphatic carbocycles. The van der Waals surface area contributed by atoms with Gasteiger partial charge in [0.15, 0.2) is 5.65 Å². The number of hydrogen-bond acceptors (Lipinski definition) is 5. The molecule has 3 aromatic heterocycles. The molecule has 0 radical (unpaired) electrons. The van der Waals surface area contributed by atoms with E-state index < -0.39 is 0 Å². The fourth-order valence-electron chi connectivity index (χ4n) is 1.90. The van der Waals surface area contributed by atoms with Gasteiger partial charge in [-0.15, -0.1) is 10.2 Å². The molecule has 0 aliphatic rings. The largest absolute Gasteiger partial charge is 0.261 e. The van der Waals surface area contributed by atoms with E-state index in [1.165, 1.54) is 0 Å². The first-order valence-corrected chi connectivity index (χ1v) is 4.74. The van der Waals surface area contributed by atoms with Crippen LogP contribution in [0.4, 0.5) is 0 Å². The Labute approximate surface area is 88.3 Å². The van der Waals surface area contributed by atoms with Crippen LogP contribution in [0.5, 0.6) is 0 Å². The van der Waals surface area contributed by atoms with Crippen LogP contribution in [0, 0.1) is 0 Å². The molecule has 0 bridgehead atoms. The highest BCUT2D eigenvalue weighted by Crippen LogP contribution is 2.18. The zero-order valence-electron chi connectivity index (χ0n) is 8.02. The molecule has 0 saturated carbocycles. The number of fused-ring (bicyclic) bond motifs is 6. The zero-order chi connectivity index (χ0) is 10.5. The van der Waals surface area contributed by atoms with Gasteiger partial charge in [0.2, 0.25) is 0 Å². The lowest BCUT2D eigenvalue weighted by molar-refractivity contribution is 0.840. The molecule has 0 atom stereocenters. The Morgan fingerprint density at radius 3 is 3.00 bits per heavy atom. The summed E-state index contributed by atoms with van der Waals surface area (Å²) in [5.74, 6) is 0.610. The summed E-state index contributed by atoms with van der Waals surface area (Å²) in [6.07, 6.45) is 1.60. The van der Waals surface area contributed by atoms with Crippen molar-refractivity contribution >= 4 is 22.3 Å². The Hall–Kier alpha value is -2.57. The maximum absolute atomic E-state index is 4.08. The lowest BCUT2D eigenvalue weighted by Crippen LogP contribution is -1.98. The van der Waals surface area contributed by atoms with Crippen molar-refractivity contribution in [3.63, 3.8) is 0 Å². The van der Waals surface area contributed by atoms with Crippen LogP contribution in [-0.4, -0.2) is 34.6 Å². The van der Waals surface area contributed by atoms with E-state index in [9.17, 15) is 0 Å². The van der Waals surface area contributed by atoms with Crippen molar-refractivity contribution in [2.75, 3.05) is 0 Å². The smallest absolute Gasteiger partial charge is 0.247 e. The normalized spacial score (nSPS) is 11.8. The molecule has 0 unspecified atom stereocenters. The minimum absolute atomic E-state index is 0.610. The molecule has 0 saturated heterocycles. The van der Waals surface area contributed by atoms with Gasteiger partial charge in [0.1, 0.15) is 6.33 Å². The van der Waals surface area contributed by atoms with Gasteiger partial charge in [-0.1, -0.05) is 17.2 Å². The van der Waals surface area contributed by atoms with Crippen molar-refractivity contribution in [1.29, 1.82) is 0 Å². The first-order chi connectivity index (χ1) is 7.95. The van der Waals surface area contributed by atoms with Crippen LogP contribution >= 0.6 is 0 Å². The lowest BCUT2D eigenvalue weighted by Gasteiger charge is -2.01. The van der Waals surface area contributed by atoms with Crippen molar-refractivity contribution in [1.82, 2.24) is 34.6 Å². The Kier molecular flexibility index (Phi) is 1.21. The highest BCUT2D eigenvalue weighted by molar-refractivity contribution is 5.92. The first-order valence-electron chi connectivity index (χ1n) is 4.74. The van der Waals surface area contributed by atoms with Gasteiger partial charge in [-0.25, -0.2) is 4.40 Å². The third-order valence-electron chi connectivity index (χ3n) is 2.59. The van der Waals surface area contributed by atoms with E-state index in [2.05, 4.69) is 25.7 Å². The zero-order valence-corrected chi connectivity index (χ0v) is 8.02. The van der Waals surface area contributed by atoms with Crippen LogP contribution in [0.15, 0.2) is 30.6 Å². The number of aromatic nitrogens is 7. The topological polar surface area (TPSA) is 73.3 Å². The van der Waals surface area contributed by atoms with Gasteiger partial charge in [0, 0.05) is 5.39 Å². The monoisotopic (exact) mass is 211 g/mol. The molecule has 4 rings (SSSR count). The predicted octanol–water partition coefficient (Wildman–Crippen LogP) is 0.320. The second kappa shape index (κ2) is 2.51. The minimum atomic E-state index is 0.610. The Morgan fingerprint density at radius 2 is 2.00 bits per heavy atom. The molecule has 76 valence electrons. The van der Waals surface area contributed by atoms with Gasteiger partial charge >= 0.3 is 0 Å². The van der Waals surface area contributed by atoms with Crippen molar-refractivity contribution < 1.29 is 0 Å². The summed E-state index contributed by atoms with van der Waals surface area (Å²) in [6, 6.07) is 7.82. The number of para-hydroxylation sites is 1. The molecule has 1 aromatic carbocycles. The summed E-state index contributed by atoms with van der Waals surface area (Å²) in [5, 5.41) is 20.5. The summed E-state index contributed by atoms with van der Waals surface area (Å²) in [4.78, 5) is 0. The standard InChI is InChI=1S/C9H5N7/c1-2-4-7-6(3-1)8-11-10-5-15(8)9-12-13-14-16(7)9/h1-5H. The van der Waals surface area contributed by atoms with Crippen LogP contribution in [0.2, 0.25) is 0 Å². The van der Waals surface area contributed by atoms with Crippen LogP contribution in [0.1, 0.15) is 0 Å². The quantitative estimate of drug-likeness (QED) is 0.418. The molecule has 16 heavy (non-hydrogen) atoms. The summed E-state index contributed by atoms with van der Waals surface area (Å²) in [5.41, 5.74) is 1.68. The van der Waals surface area contributed by atoms with Crippen LogP contribution < -0.4 is 0 Å². The fraction of sp³-hybridized carbons (Fsp3) is 0. The van der Waals surface area contributed by atoms with Crippen LogP contribution in [0.25, 0.3) is 22.3 Å². The van der Waals surface area contributed by atoms with Gasteiger partial charge in [0.25, 0.3) is 5.78 Å². The van der Waals surface area contributed by atoms with Crippen molar-refractivity contribution in [2.24, 2.45) is 0 Å². The van der Waals surface area contributed by atoms with E-state index in [4.69, 9.17) is 0 Å². The van der Waals surface area contributed by atoms with Crippen molar-refractivity contribution in [3.05, 3.63) is 30.6 Å². The number of rotatable bonds is 0. The third kappa shape index (κ3) is 0.761. The number of tetrazole rings is 1. The van der Waals surface area contributed by atoms with E-state index in [0.717, 1.165) is 16.6 Å². The highest BCUT2D eigenvalue weighted by atomic mass is 15.5. The van der Waals surface area contributed by atoms with Gasteiger partial charge < -0.3 is 0 Å². The number of hydrogen-bond donors (Lipinski definition) is 0. The first kappa shape index (κ1) is 7.69. The molecule has 0 fully saturated rings. The third-order valence-corrected chi connectivity index (χ3v) is 2.59. The van der Waals surface area contributed by atoms with E-state index in [1.54, 1.807) is 15.2 Å². The number of benzene rings is 1. The Bertz CT molecular complexity index is 743. The van der Waals surface area contributed by atoms with Crippen LogP contribution in [-0.2, 0) is 0 Å². The predicted molar refractivity (Wildman–Crippen MR) is 54.8 cm³/mol. The van der Waals surface area contributed by atoms with E-state index in [-0.39, 0.29) is 0 Å². The van der Waals surface area contributed by atoms with Gasteiger partial charge in [-0.05, 0) is 22.6 Å². The van der Waals surface area contributed by atoms with Crippen LogP contribution in [0.3, 0.4) is 0 Å². The van der Waals surface area contributed by atoms with E-state index in [0.29, 0.717) is 5.78 Å². The van der Waals surface area contributed by atoms with Crippen molar-refractivity contribution in [3.8, 4) is 0 Å². The molecule has 4 aromatic rings. The Balaban J connectivity index is 2.51. The van der Waals surface area contributed by atoms with E-state index in [1.807, 2.05) is 24.3 Å². The summed E-state index contributed by atoms with van der Waals surface area (Å²) >= 11 is 0. The van der Waals surface area contributed by atoms with E-state index >= 15 is 0 Å². The molecule has 0 aliphatic heterocycles. The highest BCUT2D eigenvalue weighted by Gasteiger charge is 2.10. The fourth-order valence-corrected chi connectivity index (χ4v) is 1.90. The van der Waals surface area contributed by atoms with Gasteiger partial charge in [-0.2, -0.15) is 4.52 Å². The molecule has 0 amide bonds. The number of nitrogens with zero attached hydrogens (tertiary/aromatic N) is 7. The average molecular weight is 211 g/mol. The summed E-state index contributed by atoms with van der Waals surface area (Å²) in [7, 11) is 0. The Morgan fingerprint density at radius 1 is 1.06 bits per heavy atom. The van der Waals surface area contributed by atoms with Gasteiger partial charge in [0.05, 0.1) is 5.52 Å². The second-order valence-electron chi connectivity index (χ2n) is 3.43. The molecule has 7 nitrogen and oxygen atoms in total.